The molecule has 0 spiro atoms. The number of anilines is 1. The molecule has 0 unspecified atom stereocenters. The molecule has 0 radical (unpaired) electrons. The smallest absolute Gasteiger partial charge is 0.274 e. The first-order valence-electron chi connectivity index (χ1n) is 10.2. The third-order valence-corrected chi connectivity index (χ3v) is 6.49. The number of carbonyl (C=O) groups excluding carboxylic acids is 1. The van der Waals surface area contributed by atoms with E-state index >= 15 is 0 Å². The van der Waals surface area contributed by atoms with Crippen molar-refractivity contribution in [2.45, 2.75) is 25.7 Å². The van der Waals surface area contributed by atoms with Crippen LogP contribution in [0, 0.1) is 0 Å². The maximum absolute atomic E-state index is 13.5. The number of halogens is 1. The molecule has 1 aliphatic rings. The summed E-state index contributed by atoms with van der Waals surface area (Å²) in [5.41, 5.74) is 4.50. The quantitative estimate of drug-likeness (QED) is 0.393. The molecule has 0 saturated carbocycles. The molecule has 4 nitrogen and oxygen atoms in total. The van der Waals surface area contributed by atoms with Crippen LogP contribution >= 0.6 is 11.6 Å². The summed E-state index contributed by atoms with van der Waals surface area (Å²) < 4.78 is 0. The van der Waals surface area contributed by atoms with Gasteiger partial charge in [-0.25, -0.2) is 0 Å². The Kier molecular flexibility index (Phi) is 4.48. The fourth-order valence-electron chi connectivity index (χ4n) is 4.52. The van der Waals surface area contributed by atoms with Gasteiger partial charge in [0.25, 0.3) is 5.91 Å². The van der Waals surface area contributed by atoms with E-state index in [4.69, 9.17) is 11.6 Å². The normalized spacial score (nSPS) is 16.0. The average molecular weight is 419 g/mol. The first-order valence-corrected chi connectivity index (χ1v) is 10.8. The van der Waals surface area contributed by atoms with Gasteiger partial charge in [-0.1, -0.05) is 44.2 Å². The number of fused-ring (bicyclic) bond motifs is 4. The van der Waals surface area contributed by atoms with Gasteiger partial charge < -0.3 is 15.0 Å². The number of phenolic OH excluding ortho intramolecular Hbond substituents is 1. The monoisotopic (exact) mass is 418 g/mol. The highest BCUT2D eigenvalue weighted by molar-refractivity contribution is 6.19. The zero-order chi connectivity index (χ0) is 21.0. The van der Waals surface area contributed by atoms with Crippen LogP contribution < -0.4 is 4.90 Å². The number of hydrogen-bond donors (Lipinski definition) is 2. The summed E-state index contributed by atoms with van der Waals surface area (Å²) in [6, 6.07) is 17.6. The lowest BCUT2D eigenvalue weighted by Crippen LogP contribution is -2.30. The van der Waals surface area contributed by atoms with Crippen molar-refractivity contribution in [3.05, 3.63) is 71.4 Å². The molecule has 5 rings (SSSR count). The van der Waals surface area contributed by atoms with Gasteiger partial charge in [0.1, 0.15) is 11.4 Å². The van der Waals surface area contributed by atoms with E-state index in [-0.39, 0.29) is 17.6 Å². The van der Waals surface area contributed by atoms with Crippen molar-refractivity contribution in [2.24, 2.45) is 0 Å². The minimum atomic E-state index is -0.110. The van der Waals surface area contributed by atoms with Gasteiger partial charge >= 0.3 is 0 Å². The third kappa shape index (κ3) is 2.86. The Balaban J connectivity index is 1.61. The minimum absolute atomic E-state index is 0.0213. The summed E-state index contributed by atoms with van der Waals surface area (Å²) in [4.78, 5) is 18.5. The Hall–Kier alpha value is -2.98. The molecular formula is C25H23ClN2O2. The molecule has 0 fully saturated rings. The molecule has 30 heavy (non-hydrogen) atoms. The van der Waals surface area contributed by atoms with Gasteiger partial charge in [-0.05, 0) is 40.6 Å². The molecule has 3 aromatic carbocycles. The first-order chi connectivity index (χ1) is 14.5. The summed E-state index contributed by atoms with van der Waals surface area (Å²) in [6.45, 7) is 4.81. The highest BCUT2D eigenvalue weighted by Gasteiger charge is 2.35. The van der Waals surface area contributed by atoms with E-state index in [0.29, 0.717) is 24.0 Å². The van der Waals surface area contributed by atoms with Crippen LogP contribution in [0.3, 0.4) is 0 Å². The summed E-state index contributed by atoms with van der Waals surface area (Å²) in [7, 11) is 0. The Morgan fingerprint density at radius 3 is 2.67 bits per heavy atom. The summed E-state index contributed by atoms with van der Waals surface area (Å²) in [6.07, 6.45) is 0. The lowest BCUT2D eigenvalue weighted by atomic mass is 9.95. The predicted molar refractivity (Wildman–Crippen MR) is 123 cm³/mol. The van der Waals surface area contributed by atoms with Gasteiger partial charge in [0, 0.05) is 40.7 Å². The fourth-order valence-corrected chi connectivity index (χ4v) is 4.77. The van der Waals surface area contributed by atoms with Gasteiger partial charge in [-0.2, -0.15) is 0 Å². The molecule has 4 aromatic rings. The molecule has 1 atom stereocenters. The highest BCUT2D eigenvalue weighted by Crippen LogP contribution is 2.45. The maximum Gasteiger partial charge on any atom is 0.274 e. The van der Waals surface area contributed by atoms with Crippen LogP contribution in [0.1, 0.15) is 47.3 Å². The second-order valence-corrected chi connectivity index (χ2v) is 8.63. The number of aromatic hydroxyl groups is 1. The van der Waals surface area contributed by atoms with Crippen molar-refractivity contribution in [3.63, 3.8) is 0 Å². The number of nitrogens with zero attached hydrogens (tertiary/aromatic N) is 1. The molecule has 2 heterocycles. The van der Waals surface area contributed by atoms with Crippen molar-refractivity contribution >= 4 is 44.9 Å². The van der Waals surface area contributed by atoms with E-state index in [1.165, 1.54) is 5.56 Å². The molecule has 0 bridgehead atoms. The van der Waals surface area contributed by atoms with Gasteiger partial charge in [-0.3, -0.25) is 4.79 Å². The number of alkyl halides is 1. The Bertz CT molecular complexity index is 1290. The molecular weight excluding hydrogens is 396 g/mol. The second-order valence-electron chi connectivity index (χ2n) is 8.33. The van der Waals surface area contributed by atoms with Crippen molar-refractivity contribution in [1.29, 1.82) is 0 Å². The van der Waals surface area contributed by atoms with Gasteiger partial charge in [-0.15, -0.1) is 11.6 Å². The molecule has 0 aliphatic carbocycles. The average Bonchev–Trinajstić information content (AvgIpc) is 3.34. The van der Waals surface area contributed by atoms with Crippen LogP contribution in [0.25, 0.3) is 21.7 Å². The summed E-state index contributed by atoms with van der Waals surface area (Å²) in [5.74, 6) is 0.926. The van der Waals surface area contributed by atoms with Crippen LogP contribution in [-0.4, -0.2) is 28.4 Å². The van der Waals surface area contributed by atoms with Crippen LogP contribution in [-0.2, 0) is 0 Å². The highest BCUT2D eigenvalue weighted by atomic mass is 35.5. The fraction of sp³-hybridized carbons (Fsp3) is 0.240. The van der Waals surface area contributed by atoms with Crippen molar-refractivity contribution in [3.8, 4) is 5.75 Å². The number of hydrogen-bond acceptors (Lipinski definition) is 2. The van der Waals surface area contributed by atoms with Gasteiger partial charge in [0.2, 0.25) is 0 Å². The molecule has 1 amide bonds. The van der Waals surface area contributed by atoms with E-state index in [0.717, 1.165) is 32.9 Å². The molecule has 0 saturated heterocycles. The largest absolute Gasteiger partial charge is 0.507 e. The first kappa shape index (κ1) is 19.0. The maximum atomic E-state index is 13.5. The van der Waals surface area contributed by atoms with E-state index in [1.54, 1.807) is 11.0 Å². The molecule has 152 valence electrons. The summed E-state index contributed by atoms with van der Waals surface area (Å²) >= 11 is 6.29. The standard InChI is InChI=1S/C25H23ClN2O2/c1-14(2)15-7-8-20-16(9-15)10-21(27-20)25(30)28-13-17(12-26)24-19-6-4-3-5-18(19)23(29)11-22(24)28/h3-11,14,17,27,29H,12-13H2,1-2H3/t17-/m1/s1. The molecule has 5 heteroatoms. The Morgan fingerprint density at radius 2 is 1.93 bits per heavy atom. The van der Waals surface area contributed by atoms with Crippen molar-refractivity contribution < 1.29 is 9.90 Å². The summed E-state index contributed by atoms with van der Waals surface area (Å²) in [5, 5.41) is 13.3. The van der Waals surface area contributed by atoms with E-state index in [1.807, 2.05) is 36.4 Å². The third-order valence-electron chi connectivity index (χ3n) is 6.12. The minimum Gasteiger partial charge on any atom is -0.507 e. The van der Waals surface area contributed by atoms with Crippen LogP contribution in [0.5, 0.6) is 5.75 Å². The van der Waals surface area contributed by atoms with E-state index in [9.17, 15) is 9.90 Å². The van der Waals surface area contributed by atoms with Crippen LogP contribution in [0.4, 0.5) is 5.69 Å². The number of amides is 1. The van der Waals surface area contributed by atoms with Gasteiger partial charge in [0.15, 0.2) is 0 Å². The van der Waals surface area contributed by atoms with Crippen molar-refractivity contribution in [2.75, 3.05) is 17.3 Å². The topological polar surface area (TPSA) is 56.3 Å². The lowest BCUT2D eigenvalue weighted by Gasteiger charge is -2.17. The Morgan fingerprint density at radius 1 is 1.17 bits per heavy atom. The van der Waals surface area contributed by atoms with Crippen LogP contribution in [0.15, 0.2) is 54.6 Å². The number of H-pyrrole nitrogens is 1. The Labute approximate surface area is 180 Å². The number of aromatic nitrogens is 1. The number of carbonyl (C=O) groups is 1. The zero-order valence-corrected chi connectivity index (χ0v) is 17.7. The lowest BCUT2D eigenvalue weighted by molar-refractivity contribution is 0.0984. The number of aromatic amines is 1. The molecule has 1 aromatic heterocycles. The number of phenols is 1. The second kappa shape index (κ2) is 7.06. The number of rotatable bonds is 3. The SMILES string of the molecule is CC(C)c1ccc2[nH]c(C(=O)N3C[C@@H](CCl)c4c3cc(O)c3ccccc43)cc2c1. The number of nitrogens with one attached hydrogen (secondary N) is 1. The predicted octanol–water partition coefficient (Wildman–Crippen LogP) is 6.13. The van der Waals surface area contributed by atoms with E-state index in [2.05, 4.69) is 31.0 Å². The zero-order valence-electron chi connectivity index (χ0n) is 16.9. The van der Waals surface area contributed by atoms with Gasteiger partial charge in [0.05, 0.1) is 5.69 Å². The molecule has 2 N–H and O–H groups in total. The van der Waals surface area contributed by atoms with E-state index < -0.39 is 0 Å². The number of benzene rings is 3. The molecule has 1 aliphatic heterocycles. The van der Waals surface area contributed by atoms with Crippen molar-refractivity contribution in [1.82, 2.24) is 4.98 Å². The van der Waals surface area contributed by atoms with Crippen LogP contribution in [0.2, 0.25) is 0 Å².